The number of unbranched alkanes of at least 4 members (excludes halogenated alkanes) is 2. The molecular weight excluding hydrogens is 388 g/mol. The monoisotopic (exact) mass is 420 g/mol. The number of nitrogens with one attached hydrogen (secondary N) is 2. The second-order valence-corrected chi connectivity index (χ2v) is 8.71. The molecule has 2 N–H and O–H groups in total. The third kappa shape index (κ3) is 5.97. The molecule has 31 heavy (non-hydrogen) atoms. The third-order valence-electron chi connectivity index (χ3n) is 5.45. The Hall–Kier alpha value is -3.08. The number of anilines is 1. The van der Waals surface area contributed by atoms with Crippen LogP contribution in [0.25, 0.3) is 5.70 Å². The normalized spacial score (nSPS) is 15.7. The fraction of sp³-hybridized carbons (Fsp3) is 0.385. The van der Waals surface area contributed by atoms with Crippen molar-refractivity contribution in [3.8, 4) is 5.75 Å². The van der Waals surface area contributed by atoms with E-state index in [1.54, 1.807) is 37.5 Å². The Morgan fingerprint density at radius 3 is 2.55 bits per heavy atom. The zero-order valence-electron chi connectivity index (χ0n) is 18.9. The Kier molecular flexibility index (Phi) is 7.16. The van der Waals surface area contributed by atoms with Gasteiger partial charge in [0.2, 0.25) is 5.91 Å². The molecule has 5 heteroatoms. The molecule has 0 atom stereocenters. The van der Waals surface area contributed by atoms with E-state index in [9.17, 15) is 9.59 Å². The first-order chi connectivity index (χ1) is 14.8. The maximum absolute atomic E-state index is 13.0. The number of ketones is 1. The molecule has 164 valence electrons. The quantitative estimate of drug-likeness (QED) is 0.343. The van der Waals surface area contributed by atoms with Crippen LogP contribution < -0.4 is 15.4 Å². The Morgan fingerprint density at radius 1 is 1.13 bits per heavy atom. The minimum Gasteiger partial charge on any atom is -0.497 e. The van der Waals surface area contributed by atoms with E-state index in [1.165, 1.54) is 5.56 Å². The molecule has 0 fully saturated rings. The predicted octanol–water partition coefficient (Wildman–Crippen LogP) is 5.36. The molecule has 1 aliphatic rings. The van der Waals surface area contributed by atoms with Gasteiger partial charge in [-0.1, -0.05) is 25.8 Å². The van der Waals surface area contributed by atoms with Gasteiger partial charge < -0.3 is 15.4 Å². The Bertz CT molecular complexity index is 975. The van der Waals surface area contributed by atoms with E-state index in [2.05, 4.69) is 37.5 Å². The zero-order chi connectivity index (χ0) is 22.4. The topological polar surface area (TPSA) is 67.4 Å². The highest BCUT2D eigenvalue weighted by Gasteiger charge is 2.28. The Labute approximate surface area is 184 Å². The van der Waals surface area contributed by atoms with Crippen LogP contribution in [0, 0.1) is 0 Å². The van der Waals surface area contributed by atoms with Crippen molar-refractivity contribution < 1.29 is 14.3 Å². The lowest BCUT2D eigenvalue weighted by molar-refractivity contribution is -0.116. The van der Waals surface area contributed by atoms with Gasteiger partial charge in [-0.15, -0.1) is 0 Å². The number of hydrogen-bond donors (Lipinski definition) is 2. The molecule has 0 saturated carbocycles. The molecule has 0 spiro atoms. The van der Waals surface area contributed by atoms with Crippen molar-refractivity contribution in [3.05, 3.63) is 65.2 Å². The summed E-state index contributed by atoms with van der Waals surface area (Å²) in [7, 11) is 1.64. The highest BCUT2D eigenvalue weighted by atomic mass is 16.5. The molecule has 5 nitrogen and oxygen atoms in total. The van der Waals surface area contributed by atoms with Crippen LogP contribution in [-0.4, -0.2) is 24.3 Å². The summed E-state index contributed by atoms with van der Waals surface area (Å²) < 4.78 is 5.37. The molecule has 0 radical (unpaired) electrons. The van der Waals surface area contributed by atoms with Gasteiger partial charge in [-0.2, -0.15) is 0 Å². The first-order valence-electron chi connectivity index (χ1n) is 10.9. The first-order valence-corrected chi connectivity index (χ1v) is 10.9. The maximum atomic E-state index is 13.0. The van der Waals surface area contributed by atoms with Crippen molar-refractivity contribution in [3.63, 3.8) is 0 Å². The average Bonchev–Trinajstić information content (AvgIpc) is 2.73. The van der Waals surface area contributed by atoms with Gasteiger partial charge in [0.1, 0.15) is 5.75 Å². The molecular formula is C26H32N2O3. The first kappa shape index (κ1) is 22.6. The summed E-state index contributed by atoms with van der Waals surface area (Å²) in [6.07, 6.45) is 6.06. The van der Waals surface area contributed by atoms with Crippen LogP contribution in [0.2, 0.25) is 0 Å². The van der Waals surface area contributed by atoms with Crippen molar-refractivity contribution in [1.82, 2.24) is 5.32 Å². The molecule has 0 unspecified atom stereocenters. The van der Waals surface area contributed by atoms with Crippen LogP contribution >= 0.6 is 0 Å². The highest BCUT2D eigenvalue weighted by Crippen LogP contribution is 2.32. The number of carbonyl (C=O) groups is 2. The van der Waals surface area contributed by atoms with E-state index in [-0.39, 0.29) is 17.2 Å². The summed E-state index contributed by atoms with van der Waals surface area (Å²) in [6.45, 7) is 6.36. The van der Waals surface area contributed by atoms with Gasteiger partial charge in [-0.05, 0) is 68.7 Å². The van der Waals surface area contributed by atoms with E-state index >= 15 is 0 Å². The number of benzene rings is 2. The van der Waals surface area contributed by atoms with Crippen molar-refractivity contribution in [2.75, 3.05) is 12.4 Å². The van der Waals surface area contributed by atoms with E-state index in [0.29, 0.717) is 17.7 Å². The van der Waals surface area contributed by atoms with E-state index in [0.717, 1.165) is 42.7 Å². The molecule has 1 aliphatic heterocycles. The Balaban J connectivity index is 1.76. The molecule has 0 aromatic heterocycles. The van der Waals surface area contributed by atoms with Crippen molar-refractivity contribution in [2.24, 2.45) is 0 Å². The molecule has 2 aromatic rings. The van der Waals surface area contributed by atoms with E-state index < -0.39 is 0 Å². The molecule has 0 bridgehead atoms. The van der Waals surface area contributed by atoms with Gasteiger partial charge >= 0.3 is 0 Å². The Morgan fingerprint density at radius 2 is 1.87 bits per heavy atom. The van der Waals surface area contributed by atoms with Crippen LogP contribution in [-0.2, 0) is 11.2 Å². The minimum absolute atomic E-state index is 0.00818. The molecule has 3 rings (SSSR count). The van der Waals surface area contributed by atoms with E-state index in [1.807, 2.05) is 12.1 Å². The standard InChI is InChI=1S/C26H32N2O3/c1-5-6-7-8-25(30)27-20-12-9-18(10-13-20)24(29)16-23-22-15-21(31-4)14-11-19(22)17-26(2,3)28-23/h9-16,28H,5-8,17H2,1-4H3,(H,27,30)/b23-16-. The van der Waals surface area contributed by atoms with E-state index in [4.69, 9.17) is 4.74 Å². The smallest absolute Gasteiger partial charge is 0.224 e. The lowest BCUT2D eigenvalue weighted by atomic mass is 9.85. The van der Waals surface area contributed by atoms with Gasteiger partial charge in [-0.25, -0.2) is 0 Å². The number of fused-ring (bicyclic) bond motifs is 1. The number of ether oxygens (including phenoxy) is 1. The summed E-state index contributed by atoms with van der Waals surface area (Å²) in [5.74, 6) is 0.682. The second-order valence-electron chi connectivity index (χ2n) is 8.71. The highest BCUT2D eigenvalue weighted by molar-refractivity contribution is 6.09. The summed E-state index contributed by atoms with van der Waals surface area (Å²) in [6, 6.07) is 13.0. The maximum Gasteiger partial charge on any atom is 0.224 e. The van der Waals surface area contributed by atoms with Crippen molar-refractivity contribution in [1.29, 1.82) is 0 Å². The van der Waals surface area contributed by atoms with Crippen LogP contribution in [0.15, 0.2) is 48.5 Å². The summed E-state index contributed by atoms with van der Waals surface area (Å²) in [5.41, 5.74) is 4.10. The third-order valence-corrected chi connectivity index (χ3v) is 5.45. The fourth-order valence-electron chi connectivity index (χ4n) is 3.84. The summed E-state index contributed by atoms with van der Waals surface area (Å²) in [5, 5.41) is 6.38. The largest absolute Gasteiger partial charge is 0.497 e. The van der Waals surface area contributed by atoms with Crippen LogP contribution in [0.3, 0.4) is 0 Å². The van der Waals surface area contributed by atoms with Gasteiger partial charge in [0.15, 0.2) is 5.78 Å². The zero-order valence-corrected chi connectivity index (χ0v) is 18.9. The van der Waals surface area contributed by atoms with Crippen LogP contribution in [0.1, 0.15) is 67.9 Å². The molecule has 1 heterocycles. The lowest BCUT2D eigenvalue weighted by Gasteiger charge is -2.35. The van der Waals surface area contributed by atoms with Crippen molar-refractivity contribution >= 4 is 23.1 Å². The van der Waals surface area contributed by atoms with Gasteiger partial charge in [-0.3, -0.25) is 9.59 Å². The molecule has 0 saturated heterocycles. The summed E-state index contributed by atoms with van der Waals surface area (Å²) >= 11 is 0. The average molecular weight is 421 g/mol. The second kappa shape index (κ2) is 9.82. The predicted molar refractivity (Wildman–Crippen MR) is 125 cm³/mol. The molecule has 0 aliphatic carbocycles. The van der Waals surface area contributed by atoms with Crippen LogP contribution in [0.4, 0.5) is 5.69 Å². The summed E-state index contributed by atoms with van der Waals surface area (Å²) in [4.78, 5) is 25.0. The van der Waals surface area contributed by atoms with Gasteiger partial charge in [0.05, 0.1) is 7.11 Å². The number of carbonyl (C=O) groups excluding carboxylic acids is 2. The number of allylic oxidation sites excluding steroid dienone is 1. The number of hydrogen-bond acceptors (Lipinski definition) is 4. The number of rotatable bonds is 8. The molecule has 2 aromatic carbocycles. The molecule has 1 amide bonds. The minimum atomic E-state index is -0.153. The van der Waals surface area contributed by atoms with Crippen molar-refractivity contribution in [2.45, 2.75) is 58.4 Å². The SMILES string of the molecule is CCCCCC(=O)Nc1ccc(C(=O)/C=C2\NC(C)(C)Cc3ccc(OC)cc32)cc1. The number of amides is 1. The fourth-order valence-corrected chi connectivity index (χ4v) is 3.84. The lowest BCUT2D eigenvalue weighted by Crippen LogP contribution is -2.43. The van der Waals surface area contributed by atoms with Gasteiger partial charge in [0, 0.05) is 40.5 Å². The number of methoxy groups -OCH3 is 1. The van der Waals surface area contributed by atoms with Crippen LogP contribution in [0.5, 0.6) is 5.75 Å². The van der Waals surface area contributed by atoms with Gasteiger partial charge in [0.25, 0.3) is 0 Å².